The van der Waals surface area contributed by atoms with Crippen molar-refractivity contribution in [1.29, 1.82) is 0 Å². The Hall–Kier alpha value is -2.29. The first-order valence-corrected chi connectivity index (χ1v) is 8.82. The molecule has 1 fully saturated rings. The van der Waals surface area contributed by atoms with Crippen molar-refractivity contribution < 1.29 is 4.79 Å². The van der Waals surface area contributed by atoms with Crippen LogP contribution >= 0.6 is 0 Å². The van der Waals surface area contributed by atoms with Gasteiger partial charge in [-0.05, 0) is 63.4 Å². The van der Waals surface area contributed by atoms with E-state index in [4.69, 9.17) is 0 Å². The molecule has 0 aliphatic heterocycles. The molecule has 1 amide bonds. The largest absolute Gasteiger partial charge is 0.372 e. The third kappa shape index (κ3) is 3.16. The van der Waals surface area contributed by atoms with Gasteiger partial charge in [0.25, 0.3) is 0 Å². The van der Waals surface area contributed by atoms with Crippen LogP contribution in [0.2, 0.25) is 0 Å². The number of nitrogens with zero attached hydrogens (tertiary/aromatic N) is 1. The van der Waals surface area contributed by atoms with Gasteiger partial charge in [-0.3, -0.25) is 4.79 Å². The van der Waals surface area contributed by atoms with Crippen molar-refractivity contribution >= 4 is 17.3 Å². The van der Waals surface area contributed by atoms with Crippen LogP contribution in [0.4, 0.5) is 11.4 Å². The van der Waals surface area contributed by atoms with Crippen molar-refractivity contribution in [2.45, 2.75) is 39.0 Å². The molecule has 0 radical (unpaired) electrons. The topological polar surface area (TPSA) is 32.3 Å². The maximum Gasteiger partial charge on any atom is 0.235 e. The molecule has 24 heavy (non-hydrogen) atoms. The summed E-state index contributed by atoms with van der Waals surface area (Å²) in [5.74, 6) is 0.113. The minimum Gasteiger partial charge on any atom is -0.372 e. The van der Waals surface area contributed by atoms with Gasteiger partial charge >= 0.3 is 0 Å². The van der Waals surface area contributed by atoms with Crippen LogP contribution in [-0.2, 0) is 10.2 Å². The Morgan fingerprint density at radius 1 is 1.00 bits per heavy atom. The molecule has 1 aliphatic rings. The second-order valence-corrected chi connectivity index (χ2v) is 6.62. The molecule has 0 heterocycles. The van der Waals surface area contributed by atoms with E-state index in [9.17, 15) is 4.79 Å². The Kier molecular flexibility index (Phi) is 4.61. The lowest BCUT2D eigenvalue weighted by Gasteiger charge is -2.21. The standard InChI is InChI=1S/C21H26N2O/c1-4-23(5-2)19-12-10-18(11-13-19)22-20(24)21(14-15-21)17-8-6-16(3)7-9-17/h6-13H,4-5,14-15H2,1-3H3,(H,22,24). The number of carbonyl (C=O) groups excluding carboxylic acids is 1. The fourth-order valence-corrected chi connectivity index (χ4v) is 3.24. The van der Waals surface area contributed by atoms with Crippen molar-refractivity contribution in [1.82, 2.24) is 0 Å². The fourth-order valence-electron chi connectivity index (χ4n) is 3.24. The van der Waals surface area contributed by atoms with Crippen molar-refractivity contribution in [2.24, 2.45) is 0 Å². The zero-order valence-electron chi connectivity index (χ0n) is 14.8. The van der Waals surface area contributed by atoms with Crippen molar-refractivity contribution in [3.63, 3.8) is 0 Å². The second kappa shape index (κ2) is 6.68. The predicted octanol–water partition coefficient (Wildman–Crippen LogP) is 4.51. The first-order chi connectivity index (χ1) is 11.6. The van der Waals surface area contributed by atoms with Gasteiger partial charge < -0.3 is 10.2 Å². The highest BCUT2D eigenvalue weighted by molar-refractivity contribution is 6.01. The Bertz CT molecular complexity index is 696. The molecular weight excluding hydrogens is 296 g/mol. The highest BCUT2D eigenvalue weighted by atomic mass is 16.2. The maximum absolute atomic E-state index is 12.8. The molecule has 0 bridgehead atoms. The summed E-state index contributed by atoms with van der Waals surface area (Å²) in [6, 6.07) is 16.5. The number of rotatable bonds is 6. The van der Waals surface area contributed by atoms with Crippen LogP contribution in [0.25, 0.3) is 0 Å². The minimum absolute atomic E-state index is 0.113. The van der Waals surface area contributed by atoms with Gasteiger partial charge in [0.15, 0.2) is 0 Å². The van der Waals surface area contributed by atoms with E-state index in [1.807, 2.05) is 12.1 Å². The zero-order chi connectivity index (χ0) is 17.2. The van der Waals surface area contributed by atoms with E-state index in [1.165, 1.54) is 11.3 Å². The predicted molar refractivity (Wildman–Crippen MR) is 101 cm³/mol. The summed E-state index contributed by atoms with van der Waals surface area (Å²) < 4.78 is 0. The van der Waals surface area contributed by atoms with Crippen LogP contribution in [0, 0.1) is 6.92 Å². The van der Waals surface area contributed by atoms with Gasteiger partial charge in [0.1, 0.15) is 0 Å². The van der Waals surface area contributed by atoms with Gasteiger partial charge in [-0.1, -0.05) is 29.8 Å². The molecule has 1 aliphatic carbocycles. The molecule has 1 N–H and O–H groups in total. The molecule has 2 aromatic carbocycles. The average molecular weight is 322 g/mol. The van der Waals surface area contributed by atoms with Crippen molar-refractivity contribution in [3.8, 4) is 0 Å². The molecule has 3 rings (SSSR count). The minimum atomic E-state index is -0.328. The molecule has 0 aromatic heterocycles. The lowest BCUT2D eigenvalue weighted by Crippen LogP contribution is -2.27. The van der Waals surface area contributed by atoms with E-state index in [0.29, 0.717) is 0 Å². The van der Waals surface area contributed by atoms with E-state index >= 15 is 0 Å². The number of hydrogen-bond acceptors (Lipinski definition) is 2. The Balaban J connectivity index is 1.72. The number of carbonyl (C=O) groups is 1. The van der Waals surface area contributed by atoms with Crippen molar-refractivity contribution in [2.75, 3.05) is 23.3 Å². The number of amides is 1. The SMILES string of the molecule is CCN(CC)c1ccc(NC(=O)C2(c3ccc(C)cc3)CC2)cc1. The Morgan fingerprint density at radius 3 is 2.08 bits per heavy atom. The lowest BCUT2D eigenvalue weighted by atomic mass is 9.94. The van der Waals surface area contributed by atoms with Gasteiger partial charge in [-0.25, -0.2) is 0 Å². The fraction of sp³-hybridized carbons (Fsp3) is 0.381. The van der Waals surface area contributed by atoms with Crippen LogP contribution < -0.4 is 10.2 Å². The molecule has 3 nitrogen and oxygen atoms in total. The molecule has 0 saturated heterocycles. The number of aryl methyl sites for hydroxylation is 1. The van der Waals surface area contributed by atoms with Crippen LogP contribution in [0.15, 0.2) is 48.5 Å². The van der Waals surface area contributed by atoms with Crippen LogP contribution in [0.1, 0.15) is 37.8 Å². The number of hydrogen-bond donors (Lipinski definition) is 1. The van der Waals surface area contributed by atoms with E-state index in [2.05, 4.69) is 67.4 Å². The first kappa shape index (κ1) is 16.6. The zero-order valence-corrected chi connectivity index (χ0v) is 14.8. The summed E-state index contributed by atoms with van der Waals surface area (Å²) in [6.45, 7) is 8.34. The molecule has 126 valence electrons. The molecular formula is C21H26N2O. The van der Waals surface area contributed by atoms with Crippen LogP contribution in [0.5, 0.6) is 0 Å². The third-order valence-corrected chi connectivity index (χ3v) is 5.04. The molecule has 0 spiro atoms. The second-order valence-electron chi connectivity index (χ2n) is 6.62. The smallest absolute Gasteiger partial charge is 0.235 e. The van der Waals surface area contributed by atoms with Gasteiger partial charge in [-0.15, -0.1) is 0 Å². The Labute approximate surface area is 144 Å². The van der Waals surface area contributed by atoms with Gasteiger partial charge in [0.05, 0.1) is 5.41 Å². The van der Waals surface area contributed by atoms with E-state index in [-0.39, 0.29) is 11.3 Å². The monoisotopic (exact) mass is 322 g/mol. The number of nitrogens with one attached hydrogen (secondary N) is 1. The summed E-state index contributed by atoms with van der Waals surface area (Å²) >= 11 is 0. The first-order valence-electron chi connectivity index (χ1n) is 8.82. The van der Waals surface area contributed by atoms with Crippen molar-refractivity contribution in [3.05, 3.63) is 59.7 Å². The lowest BCUT2D eigenvalue weighted by molar-refractivity contribution is -0.118. The van der Waals surface area contributed by atoms with Gasteiger partial charge in [0.2, 0.25) is 5.91 Å². The summed E-state index contributed by atoms with van der Waals surface area (Å²) in [6.07, 6.45) is 1.86. The highest BCUT2D eigenvalue weighted by Crippen LogP contribution is 2.49. The van der Waals surface area contributed by atoms with E-state index < -0.39 is 0 Å². The summed E-state index contributed by atoms with van der Waals surface area (Å²) in [7, 11) is 0. The normalized spacial score (nSPS) is 15.0. The third-order valence-electron chi connectivity index (χ3n) is 5.04. The number of benzene rings is 2. The maximum atomic E-state index is 12.8. The molecule has 1 saturated carbocycles. The molecule has 0 atom stereocenters. The number of anilines is 2. The molecule has 3 heteroatoms. The summed E-state index contributed by atoms with van der Waals surface area (Å²) in [5, 5.41) is 3.10. The average Bonchev–Trinajstić information content (AvgIpc) is 3.40. The Morgan fingerprint density at radius 2 is 1.58 bits per heavy atom. The quantitative estimate of drug-likeness (QED) is 0.848. The summed E-state index contributed by atoms with van der Waals surface area (Å²) in [4.78, 5) is 15.1. The summed E-state index contributed by atoms with van der Waals surface area (Å²) in [5.41, 5.74) is 4.09. The molecule has 2 aromatic rings. The molecule has 0 unspecified atom stereocenters. The van der Waals surface area contributed by atoms with E-state index in [1.54, 1.807) is 0 Å². The highest BCUT2D eigenvalue weighted by Gasteiger charge is 2.51. The van der Waals surface area contributed by atoms with Crippen LogP contribution in [0.3, 0.4) is 0 Å². The van der Waals surface area contributed by atoms with E-state index in [0.717, 1.165) is 37.2 Å². The van der Waals surface area contributed by atoms with Gasteiger partial charge in [-0.2, -0.15) is 0 Å². The van der Waals surface area contributed by atoms with Crippen LogP contribution in [-0.4, -0.2) is 19.0 Å². The van der Waals surface area contributed by atoms with Gasteiger partial charge in [0, 0.05) is 24.5 Å².